The molecule has 8 fully saturated rings. The van der Waals surface area contributed by atoms with E-state index >= 15 is 0 Å². The van der Waals surface area contributed by atoms with Crippen molar-refractivity contribution in [2.24, 2.45) is 46.3 Å². The SMILES string of the molecule is Br.Br.C(CCNCC12CC3CC(CC(C3)C1)C2)CNCC12CC3CC(CC(C3)C1)C2. The largest absolute Gasteiger partial charge is 0.316 e. The Hall–Kier alpha value is 0.880. The Morgan fingerprint density at radius 3 is 1.00 bits per heavy atom. The highest BCUT2D eigenvalue weighted by atomic mass is 79.9. The zero-order valence-electron chi connectivity index (χ0n) is 19.0. The summed E-state index contributed by atoms with van der Waals surface area (Å²) in [4.78, 5) is 0. The van der Waals surface area contributed by atoms with Crippen LogP contribution in [0.3, 0.4) is 0 Å². The molecular formula is C26H46Br2N2. The second kappa shape index (κ2) is 9.63. The normalized spacial score (nSPS) is 47.2. The highest BCUT2D eigenvalue weighted by molar-refractivity contribution is 8.93. The van der Waals surface area contributed by atoms with Gasteiger partial charge in [-0.25, -0.2) is 0 Å². The maximum Gasteiger partial charge on any atom is 0.000811 e. The van der Waals surface area contributed by atoms with Gasteiger partial charge in [0.25, 0.3) is 0 Å². The van der Waals surface area contributed by atoms with E-state index in [0.29, 0.717) is 10.8 Å². The van der Waals surface area contributed by atoms with E-state index in [1.54, 1.807) is 77.0 Å². The third-order valence-corrected chi connectivity index (χ3v) is 10.3. The number of rotatable bonds is 9. The Kier molecular flexibility index (Phi) is 7.71. The van der Waals surface area contributed by atoms with Crippen LogP contribution in [0.2, 0.25) is 0 Å². The molecule has 8 rings (SSSR count). The van der Waals surface area contributed by atoms with Gasteiger partial charge in [0.05, 0.1) is 0 Å². The predicted molar refractivity (Wildman–Crippen MR) is 137 cm³/mol. The molecular weight excluding hydrogens is 500 g/mol. The summed E-state index contributed by atoms with van der Waals surface area (Å²) in [5, 5.41) is 7.80. The minimum atomic E-state index is 0. The maximum atomic E-state index is 3.90. The predicted octanol–water partition coefficient (Wildman–Crippen LogP) is 6.53. The van der Waals surface area contributed by atoms with Crippen molar-refractivity contribution in [3.8, 4) is 0 Å². The Morgan fingerprint density at radius 1 is 0.467 bits per heavy atom. The van der Waals surface area contributed by atoms with Gasteiger partial charge in [-0.2, -0.15) is 0 Å². The average molecular weight is 546 g/mol. The summed E-state index contributed by atoms with van der Waals surface area (Å²) in [7, 11) is 0. The summed E-state index contributed by atoms with van der Waals surface area (Å²) in [5.41, 5.74) is 1.43. The number of nitrogens with one attached hydrogen (secondary N) is 2. The second-order valence-electron chi connectivity index (χ2n) is 12.9. The van der Waals surface area contributed by atoms with E-state index < -0.39 is 0 Å². The summed E-state index contributed by atoms with van der Waals surface area (Å²) < 4.78 is 0. The number of halogens is 2. The van der Waals surface area contributed by atoms with Crippen LogP contribution < -0.4 is 10.6 Å². The molecule has 30 heavy (non-hydrogen) atoms. The number of unbranched alkanes of at least 4 members (excludes halogenated alkanes) is 1. The van der Waals surface area contributed by atoms with Gasteiger partial charge in [0.2, 0.25) is 0 Å². The molecule has 0 saturated heterocycles. The van der Waals surface area contributed by atoms with Crippen molar-refractivity contribution in [1.82, 2.24) is 10.6 Å². The molecule has 0 heterocycles. The summed E-state index contributed by atoms with van der Waals surface area (Å²) >= 11 is 0. The van der Waals surface area contributed by atoms with Crippen molar-refractivity contribution < 1.29 is 0 Å². The lowest BCUT2D eigenvalue weighted by Crippen LogP contribution is -2.50. The van der Waals surface area contributed by atoms with Gasteiger partial charge in [-0.05, 0) is 149 Å². The summed E-state index contributed by atoms with van der Waals surface area (Å²) in [6.07, 6.45) is 21.5. The van der Waals surface area contributed by atoms with Gasteiger partial charge in [0, 0.05) is 13.1 Å². The van der Waals surface area contributed by atoms with Crippen LogP contribution in [0.15, 0.2) is 0 Å². The molecule has 0 amide bonds. The van der Waals surface area contributed by atoms with Crippen LogP contribution in [-0.4, -0.2) is 26.2 Å². The van der Waals surface area contributed by atoms with Gasteiger partial charge in [-0.1, -0.05) is 0 Å². The molecule has 8 aliphatic carbocycles. The van der Waals surface area contributed by atoms with Crippen LogP contribution in [-0.2, 0) is 0 Å². The van der Waals surface area contributed by atoms with E-state index in [9.17, 15) is 0 Å². The molecule has 8 bridgehead atoms. The topological polar surface area (TPSA) is 24.1 Å². The molecule has 0 aromatic heterocycles. The second-order valence-corrected chi connectivity index (χ2v) is 12.9. The van der Waals surface area contributed by atoms with Crippen LogP contribution in [0.5, 0.6) is 0 Å². The summed E-state index contributed by atoms with van der Waals surface area (Å²) in [5.74, 6) is 6.59. The zero-order chi connectivity index (χ0) is 18.6. The van der Waals surface area contributed by atoms with Crippen molar-refractivity contribution >= 4 is 34.0 Å². The minimum Gasteiger partial charge on any atom is -0.316 e. The maximum absolute atomic E-state index is 3.90. The van der Waals surface area contributed by atoms with Gasteiger partial charge in [0.1, 0.15) is 0 Å². The van der Waals surface area contributed by atoms with Gasteiger partial charge in [-0.3, -0.25) is 0 Å². The Morgan fingerprint density at radius 2 is 0.733 bits per heavy atom. The van der Waals surface area contributed by atoms with Gasteiger partial charge >= 0.3 is 0 Å². The molecule has 8 saturated carbocycles. The van der Waals surface area contributed by atoms with E-state index in [-0.39, 0.29) is 34.0 Å². The van der Waals surface area contributed by atoms with Crippen molar-refractivity contribution in [2.75, 3.05) is 26.2 Å². The molecule has 0 atom stereocenters. The third-order valence-electron chi connectivity index (χ3n) is 10.3. The zero-order valence-corrected chi connectivity index (χ0v) is 22.4. The fraction of sp³-hybridized carbons (Fsp3) is 1.00. The van der Waals surface area contributed by atoms with Crippen LogP contribution in [0, 0.1) is 46.3 Å². The van der Waals surface area contributed by atoms with E-state index in [1.807, 2.05) is 0 Å². The van der Waals surface area contributed by atoms with Crippen LogP contribution in [0.1, 0.15) is 89.9 Å². The molecule has 174 valence electrons. The molecule has 0 radical (unpaired) electrons. The van der Waals surface area contributed by atoms with E-state index in [2.05, 4.69) is 10.6 Å². The minimum absolute atomic E-state index is 0. The lowest BCUT2D eigenvalue weighted by molar-refractivity contribution is -0.0517. The molecule has 2 nitrogen and oxygen atoms in total. The Labute approximate surface area is 206 Å². The van der Waals surface area contributed by atoms with E-state index in [0.717, 1.165) is 35.5 Å². The fourth-order valence-electron chi connectivity index (χ4n) is 10.2. The van der Waals surface area contributed by atoms with Crippen LogP contribution >= 0.6 is 34.0 Å². The quantitative estimate of drug-likeness (QED) is 0.321. The first kappa shape index (κ1) is 24.0. The first-order chi connectivity index (χ1) is 13.7. The van der Waals surface area contributed by atoms with Crippen LogP contribution in [0.25, 0.3) is 0 Å². The number of hydrogen-bond acceptors (Lipinski definition) is 2. The average Bonchev–Trinajstić information content (AvgIpc) is 2.61. The highest BCUT2D eigenvalue weighted by Crippen LogP contribution is 2.60. The van der Waals surface area contributed by atoms with Gasteiger partial charge < -0.3 is 10.6 Å². The summed E-state index contributed by atoms with van der Waals surface area (Å²) in [6.45, 7) is 5.16. The molecule has 0 aromatic rings. The van der Waals surface area contributed by atoms with Crippen molar-refractivity contribution in [2.45, 2.75) is 89.9 Å². The third kappa shape index (κ3) is 4.87. The van der Waals surface area contributed by atoms with E-state index in [1.165, 1.54) is 39.0 Å². The fourth-order valence-corrected chi connectivity index (χ4v) is 10.2. The molecule has 0 aromatic carbocycles. The first-order valence-corrected chi connectivity index (χ1v) is 13.1. The van der Waals surface area contributed by atoms with Gasteiger partial charge in [-0.15, -0.1) is 34.0 Å². The smallest absolute Gasteiger partial charge is 0.000811 e. The summed E-state index contributed by atoms with van der Waals surface area (Å²) in [6, 6.07) is 0. The highest BCUT2D eigenvalue weighted by Gasteiger charge is 2.51. The first-order valence-electron chi connectivity index (χ1n) is 13.1. The molecule has 4 heteroatoms. The lowest BCUT2D eigenvalue weighted by atomic mass is 9.49. The van der Waals surface area contributed by atoms with Gasteiger partial charge in [0.15, 0.2) is 0 Å². The Balaban J connectivity index is 0.00000109. The van der Waals surface area contributed by atoms with E-state index in [4.69, 9.17) is 0 Å². The molecule has 0 unspecified atom stereocenters. The molecule has 2 N–H and O–H groups in total. The molecule has 0 aliphatic heterocycles. The van der Waals surface area contributed by atoms with Crippen molar-refractivity contribution in [1.29, 1.82) is 0 Å². The van der Waals surface area contributed by atoms with Crippen molar-refractivity contribution in [3.63, 3.8) is 0 Å². The number of hydrogen-bond donors (Lipinski definition) is 2. The monoisotopic (exact) mass is 544 g/mol. The molecule has 0 spiro atoms. The standard InChI is InChI=1S/C26H44N2.2BrH/c1(3-27-17-25-11-19-5-20(12-25)7-21(6-19)13-25)2-4-28-18-26-14-22-8-23(15-26)10-24(9-22)16-26;;/h19-24,27-28H,1-18H2;2*1H. The van der Waals surface area contributed by atoms with Crippen LogP contribution in [0.4, 0.5) is 0 Å². The Bertz CT molecular complexity index is 457. The molecule has 8 aliphatic rings. The van der Waals surface area contributed by atoms with Crippen molar-refractivity contribution in [3.05, 3.63) is 0 Å². The lowest BCUT2D eigenvalue weighted by Gasteiger charge is -2.57.